The average molecular weight is 347 g/mol. The van der Waals surface area contributed by atoms with Crippen LogP contribution in [0.1, 0.15) is 29.3 Å². The van der Waals surface area contributed by atoms with Gasteiger partial charge in [-0.3, -0.25) is 9.69 Å². The van der Waals surface area contributed by atoms with Crippen molar-refractivity contribution in [3.63, 3.8) is 0 Å². The minimum atomic E-state index is -0.755. The molecular formula is C18H21NO4S. The molecule has 2 heterocycles. The van der Waals surface area contributed by atoms with E-state index in [1.165, 1.54) is 0 Å². The number of rotatable bonds is 6. The van der Waals surface area contributed by atoms with Crippen molar-refractivity contribution in [3.05, 3.63) is 46.2 Å². The van der Waals surface area contributed by atoms with Crippen LogP contribution in [0.5, 0.6) is 11.5 Å². The molecule has 2 aromatic rings. The molecule has 3 rings (SSSR count). The minimum absolute atomic E-state index is 0.0894. The number of carboxylic acid groups (broad SMARTS) is 1. The molecule has 24 heavy (non-hydrogen) atoms. The normalized spacial score (nSPS) is 19.2. The van der Waals surface area contributed by atoms with Gasteiger partial charge in [0.1, 0.15) is 6.04 Å². The van der Waals surface area contributed by atoms with E-state index in [1.807, 2.05) is 29.6 Å². The molecule has 2 unspecified atom stereocenters. The summed E-state index contributed by atoms with van der Waals surface area (Å²) >= 11 is 1.64. The number of aliphatic carboxylic acids is 1. The standard InChI is InChI=1S/C18H21NO4S/c1-22-14-8-7-12(11-15(14)23-2)17(16-6-4-10-24-16)19-9-3-5-13(19)18(20)21/h4,6-8,10-11,13,17H,3,5,9H2,1-2H3,(H,20,21). The van der Waals surface area contributed by atoms with E-state index in [1.54, 1.807) is 25.6 Å². The maximum Gasteiger partial charge on any atom is 0.320 e. The number of hydrogen-bond acceptors (Lipinski definition) is 5. The van der Waals surface area contributed by atoms with E-state index < -0.39 is 12.0 Å². The number of likely N-dealkylation sites (tertiary alicyclic amines) is 1. The van der Waals surface area contributed by atoms with Gasteiger partial charge in [-0.1, -0.05) is 12.1 Å². The summed E-state index contributed by atoms with van der Waals surface area (Å²) in [6, 6.07) is 9.33. The highest BCUT2D eigenvalue weighted by Crippen LogP contribution is 2.39. The van der Waals surface area contributed by atoms with Crippen molar-refractivity contribution in [1.82, 2.24) is 4.90 Å². The largest absolute Gasteiger partial charge is 0.493 e. The van der Waals surface area contributed by atoms with Crippen LogP contribution in [0.2, 0.25) is 0 Å². The first-order chi connectivity index (χ1) is 11.7. The number of methoxy groups -OCH3 is 2. The Bertz CT molecular complexity index is 701. The first-order valence-electron chi connectivity index (χ1n) is 7.89. The summed E-state index contributed by atoms with van der Waals surface area (Å²) < 4.78 is 10.7. The van der Waals surface area contributed by atoms with Crippen molar-refractivity contribution in [2.24, 2.45) is 0 Å². The first kappa shape index (κ1) is 16.8. The molecule has 2 atom stereocenters. The molecule has 1 N–H and O–H groups in total. The van der Waals surface area contributed by atoms with Gasteiger partial charge < -0.3 is 14.6 Å². The summed E-state index contributed by atoms with van der Waals surface area (Å²) in [5.41, 5.74) is 1.02. The summed E-state index contributed by atoms with van der Waals surface area (Å²) in [6.07, 6.45) is 1.58. The number of nitrogens with zero attached hydrogens (tertiary/aromatic N) is 1. The van der Waals surface area contributed by atoms with Crippen LogP contribution in [0, 0.1) is 0 Å². The van der Waals surface area contributed by atoms with Crippen molar-refractivity contribution < 1.29 is 19.4 Å². The van der Waals surface area contributed by atoms with Crippen LogP contribution in [0.3, 0.4) is 0 Å². The zero-order valence-corrected chi connectivity index (χ0v) is 14.6. The molecule has 6 heteroatoms. The molecule has 1 aliphatic rings. The summed E-state index contributed by atoms with van der Waals surface area (Å²) in [4.78, 5) is 14.9. The van der Waals surface area contributed by atoms with Gasteiger partial charge in [-0.2, -0.15) is 0 Å². The fraction of sp³-hybridized carbons (Fsp3) is 0.389. The van der Waals surface area contributed by atoms with Gasteiger partial charge in [0.05, 0.1) is 20.3 Å². The van der Waals surface area contributed by atoms with Crippen molar-refractivity contribution in [1.29, 1.82) is 0 Å². The summed E-state index contributed by atoms with van der Waals surface area (Å²) in [5.74, 6) is 0.569. The SMILES string of the molecule is COc1ccc(C(c2cccs2)N2CCCC2C(=O)O)cc1OC. The molecule has 1 aromatic carbocycles. The van der Waals surface area contributed by atoms with Crippen LogP contribution in [-0.4, -0.2) is 42.8 Å². The van der Waals surface area contributed by atoms with Gasteiger partial charge in [-0.05, 0) is 42.0 Å². The molecular weight excluding hydrogens is 326 g/mol. The first-order valence-corrected chi connectivity index (χ1v) is 8.77. The van der Waals surface area contributed by atoms with E-state index in [0.29, 0.717) is 17.9 Å². The van der Waals surface area contributed by atoms with Gasteiger partial charge in [0.15, 0.2) is 11.5 Å². The van der Waals surface area contributed by atoms with E-state index in [2.05, 4.69) is 11.0 Å². The molecule has 0 spiro atoms. The van der Waals surface area contributed by atoms with E-state index in [9.17, 15) is 9.90 Å². The van der Waals surface area contributed by atoms with Crippen LogP contribution in [0.15, 0.2) is 35.7 Å². The Balaban J connectivity index is 2.04. The highest BCUT2D eigenvalue weighted by molar-refractivity contribution is 7.10. The Morgan fingerprint density at radius 2 is 2.08 bits per heavy atom. The van der Waals surface area contributed by atoms with Gasteiger partial charge in [-0.25, -0.2) is 0 Å². The molecule has 1 aliphatic heterocycles. The average Bonchev–Trinajstić information content (AvgIpc) is 3.27. The maximum atomic E-state index is 11.7. The van der Waals surface area contributed by atoms with Gasteiger partial charge in [0, 0.05) is 11.4 Å². The summed E-state index contributed by atoms with van der Waals surface area (Å²) in [7, 11) is 3.22. The van der Waals surface area contributed by atoms with Crippen molar-refractivity contribution in [2.45, 2.75) is 24.9 Å². The number of carbonyl (C=O) groups is 1. The highest BCUT2D eigenvalue weighted by Gasteiger charge is 2.37. The second-order valence-electron chi connectivity index (χ2n) is 5.77. The summed E-state index contributed by atoms with van der Waals surface area (Å²) in [6.45, 7) is 0.772. The van der Waals surface area contributed by atoms with Crippen molar-refractivity contribution in [2.75, 3.05) is 20.8 Å². The maximum absolute atomic E-state index is 11.7. The third-order valence-electron chi connectivity index (χ3n) is 4.45. The van der Waals surface area contributed by atoms with Gasteiger partial charge in [0.25, 0.3) is 0 Å². The lowest BCUT2D eigenvalue weighted by molar-refractivity contribution is -0.142. The Kier molecular flexibility index (Phi) is 5.06. The highest BCUT2D eigenvalue weighted by atomic mass is 32.1. The lowest BCUT2D eigenvalue weighted by Crippen LogP contribution is -2.39. The zero-order valence-electron chi connectivity index (χ0n) is 13.8. The fourth-order valence-electron chi connectivity index (χ4n) is 3.35. The Morgan fingerprint density at radius 1 is 1.29 bits per heavy atom. The molecule has 1 saturated heterocycles. The van der Waals surface area contributed by atoms with E-state index >= 15 is 0 Å². The number of thiophene rings is 1. The zero-order chi connectivity index (χ0) is 17.1. The molecule has 1 fully saturated rings. The quantitative estimate of drug-likeness (QED) is 0.868. The Morgan fingerprint density at radius 3 is 2.71 bits per heavy atom. The Labute approximate surface area is 145 Å². The van der Waals surface area contributed by atoms with Crippen molar-refractivity contribution in [3.8, 4) is 11.5 Å². The molecule has 0 amide bonds. The lowest BCUT2D eigenvalue weighted by atomic mass is 10.0. The number of hydrogen-bond donors (Lipinski definition) is 1. The second-order valence-corrected chi connectivity index (χ2v) is 6.75. The smallest absolute Gasteiger partial charge is 0.320 e. The van der Waals surface area contributed by atoms with Gasteiger partial charge in [0.2, 0.25) is 0 Å². The third kappa shape index (κ3) is 3.12. The minimum Gasteiger partial charge on any atom is -0.493 e. The number of carboxylic acids is 1. The van der Waals surface area contributed by atoms with Gasteiger partial charge in [-0.15, -0.1) is 11.3 Å². The van der Waals surface area contributed by atoms with Crippen LogP contribution in [0.25, 0.3) is 0 Å². The van der Waals surface area contributed by atoms with Crippen molar-refractivity contribution >= 4 is 17.3 Å². The molecule has 0 bridgehead atoms. The van der Waals surface area contributed by atoms with Crippen LogP contribution in [-0.2, 0) is 4.79 Å². The topological polar surface area (TPSA) is 59.0 Å². The molecule has 0 aliphatic carbocycles. The van der Waals surface area contributed by atoms with Gasteiger partial charge >= 0.3 is 5.97 Å². The predicted molar refractivity (Wildman–Crippen MR) is 93.1 cm³/mol. The van der Waals surface area contributed by atoms with E-state index in [-0.39, 0.29) is 6.04 Å². The summed E-state index contributed by atoms with van der Waals surface area (Å²) in [5, 5.41) is 11.6. The Hall–Kier alpha value is -2.05. The predicted octanol–water partition coefficient (Wildman–Crippen LogP) is 3.40. The lowest BCUT2D eigenvalue weighted by Gasteiger charge is -2.31. The molecule has 5 nitrogen and oxygen atoms in total. The molecule has 0 radical (unpaired) electrons. The van der Waals surface area contributed by atoms with E-state index in [4.69, 9.17) is 9.47 Å². The molecule has 128 valence electrons. The number of benzene rings is 1. The fourth-order valence-corrected chi connectivity index (χ4v) is 4.22. The van der Waals surface area contributed by atoms with Crippen LogP contribution >= 0.6 is 11.3 Å². The van der Waals surface area contributed by atoms with Crippen LogP contribution in [0.4, 0.5) is 0 Å². The molecule has 1 aromatic heterocycles. The van der Waals surface area contributed by atoms with E-state index in [0.717, 1.165) is 23.4 Å². The number of ether oxygens (including phenoxy) is 2. The second kappa shape index (κ2) is 7.23. The monoisotopic (exact) mass is 347 g/mol. The molecule has 0 saturated carbocycles. The van der Waals surface area contributed by atoms with Crippen LogP contribution < -0.4 is 9.47 Å². The third-order valence-corrected chi connectivity index (χ3v) is 5.37.